The van der Waals surface area contributed by atoms with Gasteiger partial charge in [-0.2, -0.15) is 0 Å². The van der Waals surface area contributed by atoms with Crippen LogP contribution in [0.25, 0.3) is 0 Å². The Kier molecular flexibility index (Phi) is 4.93. The highest BCUT2D eigenvalue weighted by Crippen LogP contribution is 2.31. The van der Waals surface area contributed by atoms with Crippen LogP contribution in [0, 0.1) is 5.92 Å². The van der Waals surface area contributed by atoms with Crippen molar-refractivity contribution in [1.82, 2.24) is 10.2 Å². The molecule has 1 atom stereocenters. The molecular weight excluding hydrogens is 330 g/mol. The molecule has 1 aromatic carbocycles. The fraction of sp³-hybridized carbons (Fsp3) is 0.562. The number of hydrogen-bond donors (Lipinski definition) is 2. The second-order valence-corrected chi connectivity index (χ2v) is 6.89. The van der Waals surface area contributed by atoms with Gasteiger partial charge in [-0.15, -0.1) is 0 Å². The summed E-state index contributed by atoms with van der Waals surface area (Å²) in [5.41, 5.74) is 0.824. The van der Waals surface area contributed by atoms with Gasteiger partial charge in [0.2, 0.25) is 5.91 Å². The first kappa shape index (κ1) is 15.0. The lowest BCUT2D eigenvalue weighted by molar-refractivity contribution is -0.115. The number of nitrogens with one attached hydrogen (secondary N) is 2. The van der Waals surface area contributed by atoms with E-state index < -0.39 is 0 Å². The Balaban J connectivity index is 1.35. The smallest absolute Gasteiger partial charge is 0.238 e. The summed E-state index contributed by atoms with van der Waals surface area (Å²) < 4.78 is 0.911. The predicted octanol–water partition coefficient (Wildman–Crippen LogP) is 2.46. The van der Waals surface area contributed by atoms with Gasteiger partial charge in [-0.05, 0) is 66.3 Å². The van der Waals surface area contributed by atoms with Crippen molar-refractivity contribution in [1.29, 1.82) is 0 Å². The zero-order chi connectivity index (χ0) is 14.7. The monoisotopic (exact) mass is 351 g/mol. The van der Waals surface area contributed by atoms with Gasteiger partial charge in [-0.1, -0.05) is 12.1 Å². The molecule has 3 rings (SSSR count). The van der Waals surface area contributed by atoms with Gasteiger partial charge in [0.05, 0.1) is 12.2 Å². The van der Waals surface area contributed by atoms with Crippen LogP contribution in [0.2, 0.25) is 0 Å². The molecule has 1 saturated carbocycles. The Bertz CT molecular complexity index is 504. The number of rotatable bonds is 6. The maximum absolute atomic E-state index is 11.9. The Hall–Kier alpha value is -0.910. The van der Waals surface area contributed by atoms with E-state index >= 15 is 0 Å². The van der Waals surface area contributed by atoms with Gasteiger partial charge in [0, 0.05) is 17.1 Å². The summed E-state index contributed by atoms with van der Waals surface area (Å²) in [5, 5.41) is 6.21. The van der Waals surface area contributed by atoms with E-state index in [9.17, 15) is 4.79 Å². The van der Waals surface area contributed by atoms with Crippen LogP contribution in [0.3, 0.4) is 0 Å². The molecule has 1 aliphatic heterocycles. The second kappa shape index (κ2) is 6.90. The molecule has 2 N–H and O–H groups in total. The molecule has 1 aliphatic carbocycles. The highest BCUT2D eigenvalue weighted by molar-refractivity contribution is 9.10. The molecule has 0 bridgehead atoms. The molecule has 114 valence electrons. The lowest BCUT2D eigenvalue weighted by atomic mass is 10.1. The Labute approximate surface area is 134 Å². The molecule has 1 saturated heterocycles. The van der Waals surface area contributed by atoms with Crippen LogP contribution in [-0.4, -0.2) is 43.0 Å². The zero-order valence-electron chi connectivity index (χ0n) is 12.1. The Morgan fingerprint density at radius 2 is 2.10 bits per heavy atom. The normalized spacial score (nSPS) is 22.4. The third-order valence-corrected chi connectivity index (χ3v) is 4.94. The number of nitrogens with zero attached hydrogens (tertiary/aromatic N) is 1. The van der Waals surface area contributed by atoms with Gasteiger partial charge in [0.25, 0.3) is 0 Å². The summed E-state index contributed by atoms with van der Waals surface area (Å²) in [5.74, 6) is 0.709. The predicted molar refractivity (Wildman–Crippen MR) is 88.3 cm³/mol. The molecule has 1 aromatic rings. The molecule has 0 spiro atoms. The van der Waals surface area contributed by atoms with Crippen LogP contribution >= 0.6 is 15.9 Å². The molecule has 0 radical (unpaired) electrons. The Morgan fingerprint density at radius 1 is 1.29 bits per heavy atom. The highest BCUT2D eigenvalue weighted by atomic mass is 79.9. The highest BCUT2D eigenvalue weighted by Gasteiger charge is 2.34. The quantitative estimate of drug-likeness (QED) is 0.827. The van der Waals surface area contributed by atoms with Crippen molar-refractivity contribution in [3.05, 3.63) is 28.7 Å². The third-order valence-electron chi connectivity index (χ3n) is 4.25. The summed E-state index contributed by atoms with van der Waals surface area (Å²) in [7, 11) is 0. The number of para-hydroxylation sites is 1. The molecule has 1 unspecified atom stereocenters. The van der Waals surface area contributed by atoms with Crippen molar-refractivity contribution in [2.24, 2.45) is 5.92 Å². The SMILES string of the molecule is O=C(CNCC1CCN(C2CC2)C1)Nc1ccccc1Br. The van der Waals surface area contributed by atoms with Crippen molar-refractivity contribution < 1.29 is 4.79 Å². The molecule has 21 heavy (non-hydrogen) atoms. The maximum atomic E-state index is 11.9. The fourth-order valence-electron chi connectivity index (χ4n) is 2.95. The lowest BCUT2D eigenvalue weighted by Gasteiger charge is -2.15. The maximum Gasteiger partial charge on any atom is 0.238 e. The molecule has 0 aromatic heterocycles. The number of carbonyl (C=O) groups is 1. The van der Waals surface area contributed by atoms with Gasteiger partial charge >= 0.3 is 0 Å². The molecule has 2 aliphatic rings. The van der Waals surface area contributed by atoms with E-state index in [2.05, 4.69) is 31.5 Å². The van der Waals surface area contributed by atoms with E-state index in [4.69, 9.17) is 0 Å². The van der Waals surface area contributed by atoms with Crippen LogP contribution in [0.4, 0.5) is 5.69 Å². The van der Waals surface area contributed by atoms with Crippen molar-refractivity contribution in [3.63, 3.8) is 0 Å². The van der Waals surface area contributed by atoms with Crippen LogP contribution in [0.5, 0.6) is 0 Å². The number of likely N-dealkylation sites (tertiary alicyclic amines) is 1. The topological polar surface area (TPSA) is 44.4 Å². The van der Waals surface area contributed by atoms with E-state index in [-0.39, 0.29) is 5.91 Å². The van der Waals surface area contributed by atoms with Crippen molar-refractivity contribution in [2.75, 3.05) is 31.5 Å². The Morgan fingerprint density at radius 3 is 2.86 bits per heavy atom. The van der Waals surface area contributed by atoms with Gasteiger partial charge in [0.15, 0.2) is 0 Å². The minimum atomic E-state index is 0.0129. The molecule has 1 amide bonds. The summed E-state index contributed by atoms with van der Waals surface area (Å²) in [4.78, 5) is 14.5. The first-order chi connectivity index (χ1) is 10.2. The fourth-order valence-corrected chi connectivity index (χ4v) is 3.33. The van der Waals surface area contributed by atoms with Crippen LogP contribution in [0.15, 0.2) is 28.7 Å². The van der Waals surface area contributed by atoms with Crippen molar-refractivity contribution in [3.8, 4) is 0 Å². The molecule has 4 nitrogen and oxygen atoms in total. The standard InChI is InChI=1S/C16H22BrN3O/c17-14-3-1-2-4-15(14)19-16(21)10-18-9-12-7-8-20(11-12)13-5-6-13/h1-4,12-13,18H,5-11H2,(H,19,21). The number of halogens is 1. The largest absolute Gasteiger partial charge is 0.324 e. The molecule has 5 heteroatoms. The van der Waals surface area contributed by atoms with E-state index in [1.807, 2.05) is 24.3 Å². The van der Waals surface area contributed by atoms with Gasteiger partial charge in [0.1, 0.15) is 0 Å². The minimum absolute atomic E-state index is 0.0129. The van der Waals surface area contributed by atoms with Gasteiger partial charge < -0.3 is 15.5 Å². The third kappa shape index (κ3) is 4.28. The van der Waals surface area contributed by atoms with E-state index in [1.54, 1.807) is 0 Å². The first-order valence-electron chi connectivity index (χ1n) is 7.71. The van der Waals surface area contributed by atoms with E-state index in [0.717, 1.165) is 22.7 Å². The summed E-state index contributed by atoms with van der Waals surface area (Å²) in [6.07, 6.45) is 4.03. The lowest BCUT2D eigenvalue weighted by Crippen LogP contribution is -2.33. The molecular formula is C16H22BrN3O. The summed E-state index contributed by atoms with van der Waals surface area (Å²) >= 11 is 3.43. The number of amides is 1. The number of benzene rings is 1. The van der Waals surface area contributed by atoms with E-state index in [1.165, 1.54) is 32.4 Å². The van der Waals surface area contributed by atoms with Crippen molar-refractivity contribution >= 4 is 27.5 Å². The van der Waals surface area contributed by atoms with Crippen LogP contribution in [-0.2, 0) is 4.79 Å². The van der Waals surface area contributed by atoms with E-state index in [0.29, 0.717) is 12.5 Å². The second-order valence-electron chi connectivity index (χ2n) is 6.04. The summed E-state index contributed by atoms with van der Waals surface area (Å²) in [6.45, 7) is 3.75. The zero-order valence-corrected chi connectivity index (χ0v) is 13.7. The molecule has 2 fully saturated rings. The number of carbonyl (C=O) groups excluding carboxylic acids is 1. The van der Waals surface area contributed by atoms with Gasteiger partial charge in [-0.25, -0.2) is 0 Å². The number of hydrogen-bond acceptors (Lipinski definition) is 3. The number of anilines is 1. The van der Waals surface area contributed by atoms with Crippen LogP contribution in [0.1, 0.15) is 19.3 Å². The minimum Gasteiger partial charge on any atom is -0.324 e. The average molecular weight is 352 g/mol. The molecule has 1 heterocycles. The average Bonchev–Trinajstić information content (AvgIpc) is 3.22. The van der Waals surface area contributed by atoms with Crippen molar-refractivity contribution in [2.45, 2.75) is 25.3 Å². The summed E-state index contributed by atoms with van der Waals surface area (Å²) in [6, 6.07) is 8.54. The van der Waals surface area contributed by atoms with Crippen LogP contribution < -0.4 is 10.6 Å². The van der Waals surface area contributed by atoms with Gasteiger partial charge in [-0.3, -0.25) is 4.79 Å². The first-order valence-corrected chi connectivity index (χ1v) is 8.51.